The second-order valence-electron chi connectivity index (χ2n) is 33.5. The summed E-state index contributed by atoms with van der Waals surface area (Å²) >= 11 is 0. The molecule has 0 spiro atoms. The van der Waals surface area contributed by atoms with Crippen molar-refractivity contribution in [2.75, 3.05) is 124 Å². The van der Waals surface area contributed by atoms with Crippen molar-refractivity contribution in [2.45, 2.75) is 129 Å². The molecule has 0 radical (unpaired) electrons. The maximum Gasteiger partial charge on any atom is 0.246 e. The Balaban J connectivity index is 0.000000115. The summed E-state index contributed by atoms with van der Waals surface area (Å²) in [6.07, 6.45) is 31.3. The van der Waals surface area contributed by atoms with Gasteiger partial charge in [0, 0.05) is 178 Å². The molecule has 4 N–H and O–H groups in total. The summed E-state index contributed by atoms with van der Waals surface area (Å²) in [5.74, 6) is 5.42. The second-order valence-corrected chi connectivity index (χ2v) is 33.5. The fourth-order valence-electron chi connectivity index (χ4n) is 20.4. The van der Waals surface area contributed by atoms with Crippen LogP contribution in [0.15, 0.2) is 155 Å². The van der Waals surface area contributed by atoms with Gasteiger partial charge in [-0.3, -0.25) is 44.6 Å². The SMILES string of the molecule is C=CC(=O)N1CCN(c2ccnc3c2C[C@@H](C)[C@H](c2c(C)ccc4[nH]ncc24)C3)CC1.C=CC(=O)N1CCN(c2ncnc3c2CCC(c2c(C)ccc4[nH]ncc24)C3)CC1.C=CC(=O)N1CCN(c2ncnc3c2CC[C@@H](c2c(C)ccc4[nH]ncc24)C3)CC1.C=CC(=O)N1CCN(c2ncnc3c2CC[C@H](c2c(C)ccc4[nH]ncc24)C3)CC1. The minimum absolute atomic E-state index is 0.00556. The van der Waals surface area contributed by atoms with Gasteiger partial charge in [-0.1, -0.05) is 57.5 Å². The van der Waals surface area contributed by atoms with Crippen molar-refractivity contribution in [1.82, 2.24) is 95.3 Å². The van der Waals surface area contributed by atoms with Crippen LogP contribution in [0.3, 0.4) is 0 Å². The molecule has 4 amide bonds. The summed E-state index contributed by atoms with van der Waals surface area (Å²) in [5, 5.41) is 34.4. The number of hydrogen-bond donors (Lipinski definition) is 4. The number of carbonyl (C=O) groups excluding carboxylic acids is 4. The number of aryl methyl sites for hydroxylation is 4. The molecule has 27 nitrogen and oxygen atoms in total. The highest BCUT2D eigenvalue weighted by Crippen LogP contribution is 2.46. The Labute approximate surface area is 705 Å². The first-order valence-electron chi connectivity index (χ1n) is 42.8. The van der Waals surface area contributed by atoms with Gasteiger partial charge in [0.05, 0.1) is 46.9 Å². The Hall–Kier alpha value is -12.8. The summed E-state index contributed by atoms with van der Waals surface area (Å²) in [6, 6.07) is 19.3. The molecule has 12 heterocycles. The number of pyridine rings is 1. The molecule has 27 heteroatoms. The minimum atomic E-state index is 0.00556. The number of fused-ring (bicyclic) bond motifs is 8. The Morgan fingerprint density at radius 1 is 0.347 bits per heavy atom. The van der Waals surface area contributed by atoms with Gasteiger partial charge in [0.15, 0.2) is 0 Å². The first kappa shape index (κ1) is 80.6. The first-order valence-corrected chi connectivity index (χ1v) is 42.8. The van der Waals surface area contributed by atoms with Crippen LogP contribution in [0.4, 0.5) is 23.1 Å². The molecule has 0 bridgehead atoms. The van der Waals surface area contributed by atoms with E-state index < -0.39 is 0 Å². The molecule has 4 aliphatic heterocycles. The summed E-state index contributed by atoms with van der Waals surface area (Å²) in [7, 11) is 0. The van der Waals surface area contributed by atoms with Gasteiger partial charge >= 0.3 is 0 Å². The number of benzene rings is 4. The van der Waals surface area contributed by atoms with Gasteiger partial charge < -0.3 is 39.2 Å². The lowest BCUT2D eigenvalue weighted by atomic mass is 9.73. The van der Waals surface area contributed by atoms with Gasteiger partial charge in [-0.2, -0.15) is 20.4 Å². The summed E-state index contributed by atoms with van der Waals surface area (Å²) < 4.78 is 0. The lowest BCUT2D eigenvalue weighted by Gasteiger charge is -2.39. The molecule has 4 aromatic carbocycles. The number of nitrogens with one attached hydrogen (secondary N) is 4. The fraction of sp³-hybridized carbons (Fsp3) is 0.394. The number of hydrogen-bond acceptors (Lipinski definition) is 19. The number of anilines is 4. The average Bonchev–Trinajstić information content (AvgIpc) is 0.887. The van der Waals surface area contributed by atoms with E-state index in [1.165, 1.54) is 124 Å². The quantitative estimate of drug-likeness (QED) is 0.0826. The van der Waals surface area contributed by atoms with E-state index in [0.717, 1.165) is 193 Å². The number of rotatable bonds is 12. The zero-order chi connectivity index (χ0) is 83.5. The predicted molar refractivity (Wildman–Crippen MR) is 473 cm³/mol. The molecule has 4 aliphatic carbocycles. The average molecular weight is 1620 g/mol. The smallest absolute Gasteiger partial charge is 0.246 e. The Bertz CT molecular complexity index is 5480. The molecule has 121 heavy (non-hydrogen) atoms. The van der Waals surface area contributed by atoms with E-state index in [0.29, 0.717) is 68.9 Å². The van der Waals surface area contributed by atoms with Crippen LogP contribution in [0.1, 0.15) is 139 Å². The van der Waals surface area contributed by atoms with E-state index in [1.54, 1.807) is 19.0 Å². The van der Waals surface area contributed by atoms with Crippen molar-refractivity contribution in [3.63, 3.8) is 0 Å². The number of H-pyrrole nitrogens is 4. The van der Waals surface area contributed by atoms with E-state index >= 15 is 0 Å². The fourth-order valence-corrected chi connectivity index (χ4v) is 20.4. The van der Waals surface area contributed by atoms with Gasteiger partial charge in [-0.15, -0.1) is 0 Å². The van der Waals surface area contributed by atoms with Gasteiger partial charge in [0.2, 0.25) is 23.6 Å². The third-order valence-corrected chi connectivity index (χ3v) is 26.8. The number of aromatic nitrogens is 15. The molecule has 8 aliphatic rings. The number of aromatic amines is 4. The normalized spacial score (nSPS) is 19.6. The zero-order valence-corrected chi connectivity index (χ0v) is 70.1. The molecule has 4 fully saturated rings. The van der Waals surface area contributed by atoms with Crippen molar-refractivity contribution in [3.05, 3.63) is 245 Å². The van der Waals surface area contributed by atoms with Crippen LogP contribution in [-0.4, -0.2) is 224 Å². The monoisotopic (exact) mass is 1620 g/mol. The van der Waals surface area contributed by atoms with Crippen LogP contribution in [0.25, 0.3) is 43.6 Å². The molecular formula is C94H107N23O4. The molecule has 1 unspecified atom stereocenters. The summed E-state index contributed by atoms with van der Waals surface area (Å²) in [4.78, 5) is 97.0. The highest BCUT2D eigenvalue weighted by Gasteiger charge is 2.37. The van der Waals surface area contributed by atoms with E-state index in [4.69, 9.17) is 4.98 Å². The highest BCUT2D eigenvalue weighted by atomic mass is 16.2. The van der Waals surface area contributed by atoms with Crippen LogP contribution in [-0.2, 0) is 70.5 Å². The van der Waals surface area contributed by atoms with E-state index in [9.17, 15) is 19.2 Å². The van der Waals surface area contributed by atoms with Crippen LogP contribution >= 0.6 is 0 Å². The van der Waals surface area contributed by atoms with E-state index in [1.807, 2.05) is 50.6 Å². The Morgan fingerprint density at radius 2 is 0.645 bits per heavy atom. The number of nitrogens with zero attached hydrogens (tertiary/aromatic N) is 19. The van der Waals surface area contributed by atoms with Crippen LogP contribution in [0.5, 0.6) is 0 Å². The molecular weight excluding hydrogens is 1520 g/mol. The van der Waals surface area contributed by atoms with Gasteiger partial charge in [0.25, 0.3) is 0 Å². The zero-order valence-electron chi connectivity index (χ0n) is 70.1. The van der Waals surface area contributed by atoms with Crippen LogP contribution in [0, 0.1) is 33.6 Å². The molecule has 4 saturated heterocycles. The highest BCUT2D eigenvalue weighted by molar-refractivity contribution is 5.90. The van der Waals surface area contributed by atoms with Gasteiger partial charge in [-0.25, -0.2) is 29.9 Å². The molecule has 20 rings (SSSR count). The van der Waals surface area contributed by atoms with E-state index in [-0.39, 0.29) is 23.6 Å². The third-order valence-electron chi connectivity index (χ3n) is 26.8. The standard InChI is InChI=1S/C25H29N5O.3C23H26N6O/c1-4-24(31)30-11-9-29(10-12-30)23-7-8-26-22-14-18(17(3)13-19(22)23)25-16(2)5-6-21-20(25)15-27-28-21;3*1-3-21(30)28-8-10-29(11-9-28)23-17-6-5-16(12-20(17)24-14-25-23)22-15(2)4-7-19-18(22)13-26-27-19/h4-8,15,17-18H,1,9-14H2,2-3H3,(H,27,28);3*3-4,7,13-14,16H,1,5-6,8-12H2,2H3,(H,26,27)/t17-,18-;2*16-;/m110./s1. The first-order chi connectivity index (χ1) is 59.0. The maximum absolute atomic E-state index is 11.9. The van der Waals surface area contributed by atoms with Crippen molar-refractivity contribution < 1.29 is 19.2 Å². The summed E-state index contributed by atoms with van der Waals surface area (Å²) in [6.45, 7) is 37.7. The lowest BCUT2D eigenvalue weighted by molar-refractivity contribution is -0.127. The van der Waals surface area contributed by atoms with Crippen molar-refractivity contribution >= 4 is 90.4 Å². The Kier molecular flexibility index (Phi) is 23.5. The van der Waals surface area contributed by atoms with Crippen LogP contribution < -0.4 is 19.6 Å². The largest absolute Gasteiger partial charge is 0.368 e. The van der Waals surface area contributed by atoms with Gasteiger partial charge in [-0.05, 0) is 233 Å². The van der Waals surface area contributed by atoms with Gasteiger partial charge in [0.1, 0.15) is 36.4 Å². The number of carbonyl (C=O) groups is 4. The maximum atomic E-state index is 11.9. The predicted octanol–water partition coefficient (Wildman–Crippen LogP) is 11.9. The van der Waals surface area contributed by atoms with Crippen LogP contribution in [0.2, 0.25) is 0 Å². The number of amides is 4. The minimum Gasteiger partial charge on any atom is -0.368 e. The van der Waals surface area contributed by atoms with E-state index in [2.05, 4.69) is 206 Å². The Morgan fingerprint density at radius 3 is 0.967 bits per heavy atom. The van der Waals surface area contributed by atoms with Crippen molar-refractivity contribution in [3.8, 4) is 0 Å². The number of piperazine rings is 4. The van der Waals surface area contributed by atoms with Crippen molar-refractivity contribution in [1.29, 1.82) is 0 Å². The second kappa shape index (κ2) is 35.2. The summed E-state index contributed by atoms with van der Waals surface area (Å²) in [5.41, 5.74) is 26.4. The van der Waals surface area contributed by atoms with Crippen molar-refractivity contribution in [2.24, 2.45) is 5.92 Å². The molecule has 622 valence electrons. The lowest BCUT2D eigenvalue weighted by Crippen LogP contribution is -2.49. The molecule has 5 atom stereocenters. The topological polar surface area (TPSA) is 299 Å². The molecule has 8 aromatic heterocycles. The third kappa shape index (κ3) is 16.2. The molecule has 0 saturated carbocycles. The molecule has 12 aromatic rings.